The Balaban J connectivity index is 1.29. The van der Waals surface area contributed by atoms with Crippen molar-refractivity contribution in [1.29, 1.82) is 0 Å². The van der Waals surface area contributed by atoms with Crippen LogP contribution < -0.4 is 11.5 Å². The van der Waals surface area contributed by atoms with E-state index < -0.39 is 0 Å². The van der Waals surface area contributed by atoms with Gasteiger partial charge in [0.1, 0.15) is 0 Å². The Morgan fingerprint density at radius 3 is 1.32 bits per heavy atom. The number of nitrogens with two attached hydrogens (primary N) is 2. The van der Waals surface area contributed by atoms with E-state index in [0.29, 0.717) is 24.4 Å². The van der Waals surface area contributed by atoms with Crippen LogP contribution in [-0.4, -0.2) is 86.8 Å². The van der Waals surface area contributed by atoms with Gasteiger partial charge in [0, 0.05) is 26.2 Å². The number of epoxide rings is 4. The highest BCUT2D eigenvalue weighted by atomic mass is 16.6. The highest BCUT2D eigenvalue weighted by Gasteiger charge is 2.35. The fourth-order valence-electron chi connectivity index (χ4n) is 3.69. The minimum atomic E-state index is -0.201. The summed E-state index contributed by atoms with van der Waals surface area (Å²) in [4.78, 5) is 4.52. The van der Waals surface area contributed by atoms with Crippen molar-refractivity contribution in [3.8, 4) is 0 Å². The molecule has 4 saturated heterocycles. The van der Waals surface area contributed by atoms with E-state index in [1.807, 2.05) is 6.07 Å². The topological polar surface area (TPSA) is 109 Å². The van der Waals surface area contributed by atoms with Crippen LogP contribution in [0.25, 0.3) is 0 Å². The average molecular weight is 390 g/mol. The third-order valence-electron chi connectivity index (χ3n) is 5.74. The molecule has 8 heteroatoms. The summed E-state index contributed by atoms with van der Waals surface area (Å²) < 4.78 is 21.7. The molecule has 0 saturated carbocycles. The van der Waals surface area contributed by atoms with Crippen LogP contribution in [-0.2, 0) is 18.9 Å². The molecule has 28 heavy (non-hydrogen) atoms. The maximum atomic E-state index is 6.64. The Morgan fingerprint density at radius 1 is 0.714 bits per heavy atom. The second-order valence-electron chi connectivity index (χ2n) is 8.29. The summed E-state index contributed by atoms with van der Waals surface area (Å²) in [5.41, 5.74) is 15.4. The van der Waals surface area contributed by atoms with Crippen LogP contribution in [0.1, 0.15) is 23.5 Å². The first kappa shape index (κ1) is 18.9. The third kappa shape index (κ3) is 5.08. The Bertz CT molecular complexity index is 595. The third-order valence-corrected chi connectivity index (χ3v) is 5.74. The molecular weight excluding hydrogens is 360 g/mol. The van der Waals surface area contributed by atoms with Crippen LogP contribution in [0, 0.1) is 0 Å². The van der Waals surface area contributed by atoms with Crippen molar-refractivity contribution in [2.75, 3.05) is 52.6 Å². The van der Waals surface area contributed by atoms with Crippen molar-refractivity contribution in [1.82, 2.24) is 9.80 Å². The van der Waals surface area contributed by atoms with Gasteiger partial charge in [-0.15, -0.1) is 0 Å². The Kier molecular flexibility index (Phi) is 5.38. The van der Waals surface area contributed by atoms with E-state index >= 15 is 0 Å². The molecule has 4 heterocycles. The van der Waals surface area contributed by atoms with Crippen LogP contribution in [0.3, 0.4) is 0 Å². The maximum absolute atomic E-state index is 6.64. The number of nitrogens with zero attached hydrogens (tertiary/aromatic N) is 2. The predicted molar refractivity (Wildman–Crippen MR) is 102 cm³/mol. The predicted octanol–water partition coefficient (Wildman–Crippen LogP) is -0.200. The van der Waals surface area contributed by atoms with Gasteiger partial charge in [0.2, 0.25) is 0 Å². The van der Waals surface area contributed by atoms with E-state index in [9.17, 15) is 0 Å². The lowest BCUT2D eigenvalue weighted by Gasteiger charge is -2.31. The molecule has 0 amide bonds. The fraction of sp³-hybridized carbons (Fsp3) is 0.700. The highest BCUT2D eigenvalue weighted by Crippen LogP contribution is 2.27. The van der Waals surface area contributed by atoms with Crippen molar-refractivity contribution < 1.29 is 18.9 Å². The van der Waals surface area contributed by atoms with Crippen molar-refractivity contribution in [3.05, 3.63) is 35.4 Å². The number of rotatable bonds is 12. The molecule has 0 aliphatic carbocycles. The smallest absolute Gasteiger partial charge is 0.0937 e. The van der Waals surface area contributed by atoms with Gasteiger partial charge in [0.25, 0.3) is 0 Å². The van der Waals surface area contributed by atoms with Crippen molar-refractivity contribution >= 4 is 0 Å². The van der Waals surface area contributed by atoms with Gasteiger partial charge < -0.3 is 30.4 Å². The molecule has 5 rings (SSSR count). The molecule has 8 nitrogen and oxygen atoms in total. The molecule has 0 radical (unpaired) electrons. The van der Waals surface area contributed by atoms with Crippen LogP contribution >= 0.6 is 0 Å². The van der Waals surface area contributed by atoms with Crippen LogP contribution in [0.2, 0.25) is 0 Å². The molecule has 4 aliphatic heterocycles. The standard InChI is InChI=1S/C20H30N4O4/c21-19(23(5-15-9-25-15)6-16-10-26-16)13-2-1-3-14(4-13)20(22)24(7-17-11-27-17)8-18-12-28-18/h1-4,15-20H,5-12,21-22H2. The van der Waals surface area contributed by atoms with Gasteiger partial charge in [-0.25, -0.2) is 0 Å². The lowest BCUT2D eigenvalue weighted by atomic mass is 10.0. The molecule has 0 aromatic heterocycles. The van der Waals surface area contributed by atoms with Crippen LogP contribution in [0.5, 0.6) is 0 Å². The normalized spacial score (nSPS) is 32.4. The van der Waals surface area contributed by atoms with Crippen molar-refractivity contribution in [3.63, 3.8) is 0 Å². The first-order chi connectivity index (χ1) is 13.7. The van der Waals surface area contributed by atoms with Gasteiger partial charge >= 0.3 is 0 Å². The van der Waals surface area contributed by atoms with Gasteiger partial charge in [-0.3, -0.25) is 9.80 Å². The largest absolute Gasteiger partial charge is 0.372 e. The monoisotopic (exact) mass is 390 g/mol. The second-order valence-corrected chi connectivity index (χ2v) is 8.29. The van der Waals surface area contributed by atoms with E-state index in [4.69, 9.17) is 30.4 Å². The quantitative estimate of drug-likeness (QED) is 0.373. The first-order valence-corrected chi connectivity index (χ1v) is 10.2. The highest BCUT2D eigenvalue weighted by molar-refractivity contribution is 5.28. The van der Waals surface area contributed by atoms with E-state index in [0.717, 1.165) is 63.7 Å². The lowest BCUT2D eigenvalue weighted by molar-refractivity contribution is 0.162. The van der Waals surface area contributed by atoms with E-state index in [1.165, 1.54) is 0 Å². The molecule has 0 bridgehead atoms. The van der Waals surface area contributed by atoms with Gasteiger partial charge in [-0.1, -0.05) is 18.2 Å². The van der Waals surface area contributed by atoms with E-state index in [2.05, 4.69) is 28.0 Å². The summed E-state index contributed by atoms with van der Waals surface area (Å²) in [6, 6.07) is 8.34. The molecule has 4 aliphatic rings. The molecular formula is C20H30N4O4. The molecule has 1 aromatic rings. The Morgan fingerprint density at radius 2 is 1.04 bits per heavy atom. The summed E-state index contributed by atoms with van der Waals surface area (Å²) in [6.45, 7) is 6.62. The maximum Gasteiger partial charge on any atom is 0.0937 e. The van der Waals surface area contributed by atoms with Crippen LogP contribution in [0.15, 0.2) is 24.3 Å². The zero-order chi connectivity index (χ0) is 19.1. The molecule has 0 spiro atoms. The number of hydrogen-bond acceptors (Lipinski definition) is 8. The number of hydrogen-bond donors (Lipinski definition) is 2. The SMILES string of the molecule is NC(c1cccc(C(N)N(CC2CO2)CC2CO2)c1)N(CC1CO1)CC1CO1. The molecule has 4 fully saturated rings. The molecule has 1 aromatic carbocycles. The molecule has 4 N–H and O–H groups in total. The van der Waals surface area contributed by atoms with Gasteiger partial charge in [0.05, 0.1) is 63.2 Å². The summed E-state index contributed by atoms with van der Waals surface area (Å²) in [6.07, 6.45) is 0.774. The second kappa shape index (κ2) is 7.97. The summed E-state index contributed by atoms with van der Waals surface area (Å²) >= 11 is 0. The average Bonchev–Trinajstić information content (AvgIpc) is 3.56. The summed E-state index contributed by atoms with van der Waals surface area (Å²) in [5, 5.41) is 0. The number of ether oxygens (including phenoxy) is 4. The molecule has 154 valence electrons. The van der Waals surface area contributed by atoms with Crippen molar-refractivity contribution in [2.24, 2.45) is 11.5 Å². The first-order valence-electron chi connectivity index (χ1n) is 10.2. The Hall–Kier alpha value is -1.10. The number of benzene rings is 1. The summed E-state index contributed by atoms with van der Waals surface area (Å²) in [7, 11) is 0. The molecule has 6 unspecified atom stereocenters. The van der Waals surface area contributed by atoms with Crippen LogP contribution in [0.4, 0.5) is 0 Å². The van der Waals surface area contributed by atoms with E-state index in [-0.39, 0.29) is 12.3 Å². The van der Waals surface area contributed by atoms with Gasteiger partial charge in [-0.05, 0) is 17.2 Å². The van der Waals surface area contributed by atoms with E-state index in [1.54, 1.807) is 0 Å². The Labute approximate surface area is 165 Å². The van der Waals surface area contributed by atoms with Crippen molar-refractivity contribution in [2.45, 2.75) is 36.7 Å². The molecule has 6 atom stereocenters. The van der Waals surface area contributed by atoms with Gasteiger partial charge in [-0.2, -0.15) is 0 Å². The minimum Gasteiger partial charge on any atom is -0.372 e. The minimum absolute atomic E-state index is 0.201. The fourth-order valence-corrected chi connectivity index (χ4v) is 3.69. The van der Waals surface area contributed by atoms with Gasteiger partial charge in [0.15, 0.2) is 0 Å². The lowest BCUT2D eigenvalue weighted by Crippen LogP contribution is -2.41. The zero-order valence-electron chi connectivity index (χ0n) is 16.1. The zero-order valence-corrected chi connectivity index (χ0v) is 16.1. The summed E-state index contributed by atoms with van der Waals surface area (Å²) in [5.74, 6) is 0.